The molecule has 120 valence electrons. The van der Waals surface area contributed by atoms with Crippen LogP contribution in [0.5, 0.6) is 11.5 Å². The van der Waals surface area contributed by atoms with Crippen molar-refractivity contribution in [1.82, 2.24) is 0 Å². The summed E-state index contributed by atoms with van der Waals surface area (Å²) in [4.78, 5) is 12.4. The number of aromatic hydroxyl groups is 1. The summed E-state index contributed by atoms with van der Waals surface area (Å²) >= 11 is 0. The molecule has 0 bridgehead atoms. The minimum absolute atomic E-state index is 0.0280. The molecule has 1 aromatic rings. The van der Waals surface area contributed by atoms with Crippen molar-refractivity contribution in [2.45, 2.75) is 12.8 Å². The Morgan fingerprint density at radius 2 is 2.13 bits per heavy atom. The van der Waals surface area contributed by atoms with Gasteiger partial charge in [-0.05, 0) is 54.4 Å². The number of methoxy groups -OCH3 is 1. The first-order valence-electron chi connectivity index (χ1n) is 7.94. The average molecular weight is 310 g/mol. The second-order valence-electron chi connectivity index (χ2n) is 6.47. The van der Waals surface area contributed by atoms with Gasteiger partial charge in [-0.3, -0.25) is 4.79 Å². The number of rotatable bonds is 4. The Morgan fingerprint density at radius 1 is 1.35 bits per heavy atom. The number of fused-ring (bicyclic) bond motifs is 1. The van der Waals surface area contributed by atoms with Crippen LogP contribution in [0.3, 0.4) is 0 Å². The molecule has 1 saturated carbocycles. The highest BCUT2D eigenvalue weighted by molar-refractivity contribution is 5.94. The number of hydrogen-bond donors (Lipinski definition) is 1. The van der Waals surface area contributed by atoms with Gasteiger partial charge in [0.1, 0.15) is 0 Å². The lowest BCUT2D eigenvalue weighted by Gasteiger charge is -2.28. The summed E-state index contributed by atoms with van der Waals surface area (Å²) in [5.74, 6) is 1.46. The van der Waals surface area contributed by atoms with E-state index in [4.69, 9.17) is 4.74 Å². The predicted molar refractivity (Wildman–Crippen MR) is 90.4 cm³/mol. The van der Waals surface area contributed by atoms with Crippen LogP contribution in [0.1, 0.15) is 12.0 Å². The van der Waals surface area contributed by atoms with Gasteiger partial charge in [-0.1, -0.05) is 30.4 Å². The number of carbonyl (C=O) groups is 1. The van der Waals surface area contributed by atoms with E-state index in [1.807, 2.05) is 18.2 Å². The minimum Gasteiger partial charge on any atom is -0.504 e. The molecule has 2 aliphatic rings. The minimum atomic E-state index is -0.0280. The maximum atomic E-state index is 12.4. The van der Waals surface area contributed by atoms with Crippen LogP contribution in [0.15, 0.2) is 55.2 Å². The Labute approximate surface area is 137 Å². The summed E-state index contributed by atoms with van der Waals surface area (Å²) in [5, 5.41) is 9.96. The Kier molecular flexibility index (Phi) is 4.12. The van der Waals surface area contributed by atoms with Crippen molar-refractivity contribution < 1.29 is 14.6 Å². The number of ketones is 1. The van der Waals surface area contributed by atoms with Crippen molar-refractivity contribution in [2.75, 3.05) is 7.11 Å². The van der Waals surface area contributed by atoms with Gasteiger partial charge in [-0.25, -0.2) is 0 Å². The molecule has 3 nitrogen and oxygen atoms in total. The first-order valence-corrected chi connectivity index (χ1v) is 7.94. The zero-order valence-corrected chi connectivity index (χ0v) is 13.4. The van der Waals surface area contributed by atoms with Gasteiger partial charge in [0.15, 0.2) is 17.3 Å². The first kappa shape index (κ1) is 15.6. The number of hydrogen-bond acceptors (Lipinski definition) is 3. The molecular weight excluding hydrogens is 288 g/mol. The molecule has 0 saturated heterocycles. The Morgan fingerprint density at radius 3 is 2.78 bits per heavy atom. The van der Waals surface area contributed by atoms with E-state index in [1.54, 1.807) is 18.2 Å². The van der Waals surface area contributed by atoms with Crippen LogP contribution in [0, 0.1) is 23.7 Å². The van der Waals surface area contributed by atoms with Crippen molar-refractivity contribution in [3.63, 3.8) is 0 Å². The van der Waals surface area contributed by atoms with E-state index >= 15 is 0 Å². The lowest BCUT2D eigenvalue weighted by atomic mass is 9.75. The fraction of sp³-hybridized carbons (Fsp3) is 0.350. The van der Waals surface area contributed by atoms with E-state index in [1.165, 1.54) is 7.11 Å². The Bertz CT molecular complexity index is 686. The Balaban J connectivity index is 1.86. The van der Waals surface area contributed by atoms with Crippen molar-refractivity contribution in [3.05, 3.63) is 60.7 Å². The highest BCUT2D eigenvalue weighted by Crippen LogP contribution is 2.49. The average Bonchev–Trinajstić information content (AvgIpc) is 2.91. The topological polar surface area (TPSA) is 46.5 Å². The van der Waals surface area contributed by atoms with Gasteiger partial charge in [-0.15, -0.1) is 6.58 Å². The third-order valence-corrected chi connectivity index (χ3v) is 5.19. The number of ether oxygens (including phenoxy) is 1. The lowest BCUT2D eigenvalue weighted by Crippen LogP contribution is -2.29. The maximum absolute atomic E-state index is 12.4. The van der Waals surface area contributed by atoms with Crippen molar-refractivity contribution in [3.8, 4) is 11.5 Å². The summed E-state index contributed by atoms with van der Waals surface area (Å²) in [6.07, 6.45) is 7.16. The molecule has 3 rings (SSSR count). The summed E-state index contributed by atoms with van der Waals surface area (Å²) in [6, 6.07) is 5.45. The molecule has 0 heterocycles. The van der Waals surface area contributed by atoms with Gasteiger partial charge in [-0.2, -0.15) is 0 Å². The normalized spacial score (nSPS) is 29.4. The molecule has 0 radical (unpaired) electrons. The van der Waals surface area contributed by atoms with Crippen molar-refractivity contribution in [2.24, 2.45) is 23.7 Å². The van der Waals surface area contributed by atoms with E-state index in [0.717, 1.165) is 24.0 Å². The third kappa shape index (κ3) is 2.72. The van der Waals surface area contributed by atoms with Crippen LogP contribution in [0.2, 0.25) is 0 Å². The van der Waals surface area contributed by atoms with Gasteiger partial charge in [0.2, 0.25) is 0 Å². The van der Waals surface area contributed by atoms with Gasteiger partial charge >= 0.3 is 0 Å². The molecule has 4 atom stereocenters. The fourth-order valence-electron chi connectivity index (χ4n) is 4.15. The smallest absolute Gasteiger partial charge is 0.160 e. The quantitative estimate of drug-likeness (QED) is 0.863. The monoisotopic (exact) mass is 310 g/mol. The maximum Gasteiger partial charge on any atom is 0.160 e. The number of benzene rings is 1. The van der Waals surface area contributed by atoms with Gasteiger partial charge in [0.25, 0.3) is 0 Å². The van der Waals surface area contributed by atoms with Gasteiger partial charge in [0.05, 0.1) is 7.11 Å². The van der Waals surface area contributed by atoms with Crippen molar-refractivity contribution in [1.29, 1.82) is 0 Å². The summed E-state index contributed by atoms with van der Waals surface area (Å²) in [7, 11) is 1.53. The molecular formula is C20H22O3. The summed E-state index contributed by atoms with van der Waals surface area (Å²) in [6.45, 7) is 8.06. The van der Waals surface area contributed by atoms with Crippen LogP contribution < -0.4 is 4.74 Å². The van der Waals surface area contributed by atoms with Crippen LogP contribution in [0.4, 0.5) is 0 Å². The molecule has 0 aliphatic heterocycles. The van der Waals surface area contributed by atoms with Crippen LogP contribution in [0.25, 0.3) is 0 Å². The SMILES string of the molecule is C=C[C@H]1C[C@@H](Cc2ccc(OC)c(O)c2)[C@H]2C(=O)C=CC(=C)[C@H]21. The Hall–Kier alpha value is -2.29. The molecule has 1 N–H and O–H groups in total. The zero-order valence-electron chi connectivity index (χ0n) is 13.4. The first-order chi connectivity index (χ1) is 11.0. The van der Waals surface area contributed by atoms with E-state index in [2.05, 4.69) is 13.2 Å². The molecule has 0 amide bonds. The van der Waals surface area contributed by atoms with Crippen LogP contribution in [-0.2, 0) is 11.2 Å². The van der Waals surface area contributed by atoms with Gasteiger partial charge in [0, 0.05) is 5.92 Å². The number of phenolic OH excluding ortho intramolecular Hbond substituents is 1. The summed E-state index contributed by atoms with van der Waals surface area (Å²) in [5.41, 5.74) is 2.05. The molecule has 23 heavy (non-hydrogen) atoms. The number of phenols is 1. The predicted octanol–water partition coefficient (Wildman–Crippen LogP) is 3.69. The van der Waals surface area contributed by atoms with Crippen LogP contribution in [-0.4, -0.2) is 18.0 Å². The number of allylic oxidation sites excluding steroid dienone is 4. The highest BCUT2D eigenvalue weighted by Gasteiger charge is 2.46. The fourth-order valence-corrected chi connectivity index (χ4v) is 4.15. The molecule has 3 heteroatoms. The molecule has 1 aromatic carbocycles. The standard InChI is InChI=1S/C20H22O3/c1-4-14-11-15(20-16(21)7-5-12(2)19(14)20)9-13-6-8-18(23-3)17(22)10-13/h4-8,10,14-15,19-20,22H,1-2,9,11H2,3H3/t14-,15+,19-,20-/m0/s1. The molecule has 0 unspecified atom stereocenters. The van der Waals surface area contributed by atoms with Gasteiger partial charge < -0.3 is 9.84 Å². The second kappa shape index (κ2) is 6.07. The van der Waals surface area contributed by atoms with E-state index < -0.39 is 0 Å². The second-order valence-corrected chi connectivity index (χ2v) is 6.47. The zero-order chi connectivity index (χ0) is 16.6. The molecule has 1 fully saturated rings. The summed E-state index contributed by atoms with van der Waals surface area (Å²) < 4.78 is 5.08. The van der Waals surface area contributed by atoms with E-state index in [-0.39, 0.29) is 29.3 Å². The number of carbonyl (C=O) groups excluding carboxylic acids is 1. The largest absolute Gasteiger partial charge is 0.504 e. The van der Waals surface area contributed by atoms with Crippen LogP contribution >= 0.6 is 0 Å². The third-order valence-electron chi connectivity index (χ3n) is 5.19. The molecule has 2 aliphatic carbocycles. The van der Waals surface area contributed by atoms with Crippen molar-refractivity contribution >= 4 is 5.78 Å². The molecule has 0 aromatic heterocycles. The van der Waals surface area contributed by atoms with E-state index in [9.17, 15) is 9.90 Å². The lowest BCUT2D eigenvalue weighted by molar-refractivity contribution is -0.120. The van der Waals surface area contributed by atoms with E-state index in [0.29, 0.717) is 11.7 Å². The molecule has 0 spiro atoms. The highest BCUT2D eigenvalue weighted by atomic mass is 16.5.